The summed E-state index contributed by atoms with van der Waals surface area (Å²) in [6, 6.07) is 9.44. The lowest BCUT2D eigenvalue weighted by atomic mass is 10.2. The second kappa shape index (κ2) is 5.42. The molecule has 1 aromatic carbocycles. The van der Waals surface area contributed by atoms with Crippen LogP contribution in [-0.4, -0.2) is 15.1 Å². The molecule has 3 rings (SSSR count). The van der Waals surface area contributed by atoms with Crippen LogP contribution in [0.2, 0.25) is 0 Å². The smallest absolute Gasteiger partial charge is 0.260 e. The van der Waals surface area contributed by atoms with Crippen LogP contribution < -0.4 is 5.73 Å². The molecule has 0 saturated heterocycles. The number of halogens is 1. The van der Waals surface area contributed by atoms with Gasteiger partial charge in [-0.05, 0) is 45.8 Å². The lowest BCUT2D eigenvalue weighted by molar-refractivity contribution is 0.424. The molecule has 2 aromatic heterocycles. The normalized spacial score (nSPS) is 10.7. The van der Waals surface area contributed by atoms with Crippen molar-refractivity contribution in [2.45, 2.75) is 6.42 Å². The number of benzene rings is 1. The number of rotatable bonds is 3. The molecule has 0 bridgehead atoms. The van der Waals surface area contributed by atoms with E-state index in [1.54, 1.807) is 12.4 Å². The highest BCUT2D eigenvalue weighted by molar-refractivity contribution is 9.10. The van der Waals surface area contributed by atoms with Crippen molar-refractivity contribution in [3.05, 3.63) is 58.6 Å². The van der Waals surface area contributed by atoms with Gasteiger partial charge in [0, 0.05) is 23.3 Å². The molecule has 5 nitrogen and oxygen atoms in total. The fraction of sp³-hybridized carbons (Fsp3) is 0.0714. The molecule has 0 saturated carbocycles. The van der Waals surface area contributed by atoms with Gasteiger partial charge in [-0.1, -0.05) is 11.2 Å². The SMILES string of the molecule is Nc1c(Br)cccc1-c1nc(Cc2ccncc2)no1. The lowest BCUT2D eigenvalue weighted by Crippen LogP contribution is -1.93. The summed E-state index contributed by atoms with van der Waals surface area (Å²) in [5.41, 5.74) is 8.39. The van der Waals surface area contributed by atoms with Gasteiger partial charge in [-0.25, -0.2) is 0 Å². The third-order valence-corrected chi connectivity index (χ3v) is 3.55. The number of pyridine rings is 1. The maximum atomic E-state index is 5.99. The van der Waals surface area contributed by atoms with Crippen LogP contribution in [0, 0.1) is 0 Å². The Bertz CT molecular complexity index is 727. The molecule has 0 fully saturated rings. The summed E-state index contributed by atoms with van der Waals surface area (Å²) in [7, 11) is 0. The van der Waals surface area contributed by atoms with Gasteiger partial charge in [-0.3, -0.25) is 4.98 Å². The molecule has 2 heterocycles. The predicted octanol–water partition coefficient (Wildman–Crippen LogP) is 3.07. The summed E-state index contributed by atoms with van der Waals surface area (Å²) in [5.74, 6) is 1.04. The zero-order valence-corrected chi connectivity index (χ0v) is 12.0. The molecule has 0 amide bonds. The van der Waals surface area contributed by atoms with Crippen LogP contribution in [0.5, 0.6) is 0 Å². The molecule has 0 aliphatic carbocycles. The molecule has 6 heteroatoms. The Kier molecular flexibility index (Phi) is 3.47. The Labute approximate surface area is 124 Å². The number of nitrogens with zero attached hydrogens (tertiary/aromatic N) is 3. The molecule has 20 heavy (non-hydrogen) atoms. The van der Waals surface area contributed by atoms with Crippen LogP contribution in [0.25, 0.3) is 11.5 Å². The Morgan fingerprint density at radius 3 is 2.75 bits per heavy atom. The second-order valence-electron chi connectivity index (χ2n) is 4.25. The number of hydrogen-bond acceptors (Lipinski definition) is 5. The summed E-state index contributed by atoms with van der Waals surface area (Å²) in [4.78, 5) is 8.35. The van der Waals surface area contributed by atoms with E-state index >= 15 is 0 Å². The zero-order chi connectivity index (χ0) is 13.9. The van der Waals surface area contributed by atoms with Crippen LogP contribution in [0.15, 0.2) is 51.7 Å². The van der Waals surface area contributed by atoms with Gasteiger partial charge in [-0.2, -0.15) is 4.98 Å². The third-order valence-electron chi connectivity index (χ3n) is 2.86. The molecule has 0 aliphatic rings. The Morgan fingerprint density at radius 2 is 1.95 bits per heavy atom. The maximum absolute atomic E-state index is 5.99. The molecular weight excluding hydrogens is 320 g/mol. The van der Waals surface area contributed by atoms with Crippen LogP contribution in [0.3, 0.4) is 0 Å². The van der Waals surface area contributed by atoms with Crippen molar-refractivity contribution in [2.75, 3.05) is 5.73 Å². The number of nitrogens with two attached hydrogens (primary N) is 1. The van der Waals surface area contributed by atoms with Gasteiger partial charge in [0.25, 0.3) is 5.89 Å². The van der Waals surface area contributed by atoms with Crippen LogP contribution in [-0.2, 0) is 6.42 Å². The van der Waals surface area contributed by atoms with Crippen molar-refractivity contribution in [3.63, 3.8) is 0 Å². The summed E-state index contributed by atoms with van der Waals surface area (Å²) in [5, 5.41) is 3.98. The molecule has 0 aliphatic heterocycles. The molecule has 0 unspecified atom stereocenters. The van der Waals surface area contributed by atoms with Gasteiger partial charge in [0.15, 0.2) is 5.82 Å². The minimum atomic E-state index is 0.424. The highest BCUT2D eigenvalue weighted by Crippen LogP contribution is 2.30. The Balaban J connectivity index is 1.89. The third kappa shape index (κ3) is 2.55. The maximum Gasteiger partial charge on any atom is 0.260 e. The van der Waals surface area contributed by atoms with Crippen LogP contribution >= 0.6 is 15.9 Å². The monoisotopic (exact) mass is 330 g/mol. The minimum absolute atomic E-state index is 0.424. The van der Waals surface area contributed by atoms with Crippen molar-refractivity contribution in [3.8, 4) is 11.5 Å². The Morgan fingerprint density at radius 1 is 1.15 bits per heavy atom. The molecule has 0 radical (unpaired) electrons. The largest absolute Gasteiger partial charge is 0.397 e. The summed E-state index contributed by atoms with van der Waals surface area (Å²) in [6.45, 7) is 0. The average Bonchev–Trinajstić information content (AvgIpc) is 2.91. The van der Waals surface area contributed by atoms with E-state index < -0.39 is 0 Å². The molecule has 100 valence electrons. The first-order chi connectivity index (χ1) is 9.74. The van der Waals surface area contributed by atoms with Crippen molar-refractivity contribution < 1.29 is 4.52 Å². The van der Waals surface area contributed by atoms with E-state index in [-0.39, 0.29) is 0 Å². The van der Waals surface area contributed by atoms with Crippen LogP contribution in [0.1, 0.15) is 11.4 Å². The van der Waals surface area contributed by atoms with E-state index in [1.165, 1.54) is 0 Å². The van der Waals surface area contributed by atoms with E-state index in [2.05, 4.69) is 31.1 Å². The fourth-order valence-corrected chi connectivity index (χ4v) is 2.21. The van der Waals surface area contributed by atoms with Gasteiger partial charge >= 0.3 is 0 Å². The zero-order valence-electron chi connectivity index (χ0n) is 10.5. The van der Waals surface area contributed by atoms with Crippen molar-refractivity contribution >= 4 is 21.6 Å². The second-order valence-corrected chi connectivity index (χ2v) is 5.10. The summed E-state index contributed by atoms with van der Waals surface area (Å²) in [6.07, 6.45) is 4.07. The van der Waals surface area contributed by atoms with Gasteiger partial charge < -0.3 is 10.3 Å². The average molecular weight is 331 g/mol. The van der Waals surface area contributed by atoms with E-state index in [0.717, 1.165) is 15.6 Å². The van der Waals surface area contributed by atoms with E-state index in [0.29, 0.717) is 23.8 Å². The fourth-order valence-electron chi connectivity index (χ4n) is 1.84. The minimum Gasteiger partial charge on any atom is -0.397 e. The van der Waals surface area contributed by atoms with Crippen LogP contribution in [0.4, 0.5) is 5.69 Å². The van der Waals surface area contributed by atoms with Gasteiger partial charge in [0.1, 0.15) is 0 Å². The predicted molar refractivity (Wildman–Crippen MR) is 78.9 cm³/mol. The highest BCUT2D eigenvalue weighted by atomic mass is 79.9. The first kappa shape index (κ1) is 12.8. The van der Waals surface area contributed by atoms with Crippen molar-refractivity contribution in [1.29, 1.82) is 0 Å². The first-order valence-electron chi connectivity index (χ1n) is 6.00. The molecular formula is C14H11BrN4O. The summed E-state index contributed by atoms with van der Waals surface area (Å²) >= 11 is 3.38. The van der Waals surface area contributed by atoms with E-state index in [1.807, 2.05) is 30.3 Å². The first-order valence-corrected chi connectivity index (χ1v) is 6.79. The molecule has 0 spiro atoms. The summed E-state index contributed by atoms with van der Waals surface area (Å²) < 4.78 is 6.09. The highest BCUT2D eigenvalue weighted by Gasteiger charge is 2.13. The standard InChI is InChI=1S/C14H11BrN4O/c15-11-3-1-2-10(13(11)16)14-18-12(19-20-14)8-9-4-6-17-7-5-9/h1-7H,8,16H2. The van der Waals surface area contributed by atoms with Gasteiger partial charge in [0.05, 0.1) is 11.3 Å². The van der Waals surface area contributed by atoms with Gasteiger partial charge in [0.2, 0.25) is 0 Å². The van der Waals surface area contributed by atoms with E-state index in [4.69, 9.17) is 10.3 Å². The van der Waals surface area contributed by atoms with Gasteiger partial charge in [-0.15, -0.1) is 0 Å². The van der Waals surface area contributed by atoms with Crippen molar-refractivity contribution in [1.82, 2.24) is 15.1 Å². The molecule has 2 N–H and O–H groups in total. The van der Waals surface area contributed by atoms with Crippen molar-refractivity contribution in [2.24, 2.45) is 0 Å². The molecule has 3 aromatic rings. The number of anilines is 1. The topological polar surface area (TPSA) is 77.8 Å². The number of nitrogen functional groups attached to an aromatic ring is 1. The number of para-hydroxylation sites is 1. The number of hydrogen-bond donors (Lipinski definition) is 1. The van der Waals surface area contributed by atoms with E-state index in [9.17, 15) is 0 Å². The number of aromatic nitrogens is 3. The molecule has 0 atom stereocenters. The lowest BCUT2D eigenvalue weighted by Gasteiger charge is -2.01. The Hall–Kier alpha value is -2.21. The quantitative estimate of drug-likeness (QED) is 0.746.